The maximum atomic E-state index is 13.0. The van der Waals surface area contributed by atoms with Gasteiger partial charge in [-0.1, -0.05) is 26.8 Å². The molecule has 1 aromatic carbocycles. The van der Waals surface area contributed by atoms with Crippen LogP contribution in [0.3, 0.4) is 0 Å². The summed E-state index contributed by atoms with van der Waals surface area (Å²) < 4.78 is 39.1. The number of alkyl halides is 3. The first kappa shape index (κ1) is 27.0. The number of aliphatic hydroxyl groups is 1. The smallest absolute Gasteiger partial charge is 0.433 e. The molecule has 1 aliphatic rings. The number of carbonyl (C=O) groups is 1. The van der Waals surface area contributed by atoms with E-state index < -0.39 is 28.9 Å². The summed E-state index contributed by atoms with van der Waals surface area (Å²) in [6.07, 6.45) is -0.745. The van der Waals surface area contributed by atoms with Crippen LogP contribution in [0, 0.1) is 24.2 Å². The fourth-order valence-electron chi connectivity index (χ4n) is 5.33. The number of anilines is 2. The van der Waals surface area contributed by atoms with Crippen LogP contribution in [-0.4, -0.2) is 31.1 Å². The largest absolute Gasteiger partial charge is 0.481 e. The molecule has 4 atom stereocenters. The monoisotopic (exact) mass is 534 g/mol. The number of carboxylic acid groups (broad SMARTS) is 1. The van der Waals surface area contributed by atoms with Gasteiger partial charge in [0.25, 0.3) is 0 Å². The summed E-state index contributed by atoms with van der Waals surface area (Å²) in [7, 11) is 0. The highest BCUT2D eigenvalue weighted by Gasteiger charge is 2.55. The fourth-order valence-corrected chi connectivity index (χ4v) is 6.45. The lowest BCUT2D eigenvalue weighted by atomic mass is 9.57. The third-order valence-corrected chi connectivity index (χ3v) is 8.76. The van der Waals surface area contributed by atoms with Gasteiger partial charge in [-0.25, -0.2) is 15.0 Å². The summed E-state index contributed by atoms with van der Waals surface area (Å²) >= 11 is 1.33. The standard InChI is InChI=1S/C26H29F3N4O3S/c1-5-24(22(34)35)11-16(4)25(36,12-15(24)3)21-31-13-19(37-21)17-8-14(2)9-18(10-17)32-23-30-7-6-20(33-23)26(27,28)29/h6-10,13,15-16,36H,5,11-12H2,1-4H3,(H,34,35)(H,30,32,33)/t15-,16+,24+,25+/m0/s1. The van der Waals surface area contributed by atoms with Crippen LogP contribution in [0.15, 0.2) is 36.7 Å². The second kappa shape index (κ2) is 9.68. The predicted octanol–water partition coefficient (Wildman–Crippen LogP) is 6.41. The molecule has 0 aliphatic heterocycles. The summed E-state index contributed by atoms with van der Waals surface area (Å²) in [4.78, 5) is 24.8. The molecular formula is C26H29F3N4O3S. The van der Waals surface area contributed by atoms with E-state index in [4.69, 9.17) is 0 Å². The molecule has 1 fully saturated rings. The molecule has 11 heteroatoms. The number of hydrogen-bond donors (Lipinski definition) is 3. The minimum absolute atomic E-state index is 0.173. The van der Waals surface area contributed by atoms with E-state index in [0.29, 0.717) is 23.5 Å². The van der Waals surface area contributed by atoms with Gasteiger partial charge in [0.15, 0.2) is 0 Å². The zero-order chi connectivity index (χ0) is 27.2. The maximum Gasteiger partial charge on any atom is 0.433 e. The van der Waals surface area contributed by atoms with Crippen LogP contribution in [0.2, 0.25) is 0 Å². The number of benzene rings is 1. The SMILES string of the molecule is CC[C@@]1(C(=O)O)C[C@@H](C)[C@@](O)(c2ncc(-c3cc(C)cc(Nc4nccc(C(F)(F)F)n4)c3)s2)C[C@@H]1C. The van der Waals surface area contributed by atoms with Gasteiger partial charge in [0, 0.05) is 18.1 Å². The van der Waals surface area contributed by atoms with Crippen molar-refractivity contribution in [1.82, 2.24) is 15.0 Å². The minimum atomic E-state index is -4.58. The lowest BCUT2D eigenvalue weighted by Crippen LogP contribution is -2.51. The molecule has 0 radical (unpaired) electrons. The molecule has 0 saturated heterocycles. The number of thiazole rings is 1. The van der Waals surface area contributed by atoms with Gasteiger partial charge < -0.3 is 15.5 Å². The number of carboxylic acids is 1. The molecule has 3 aromatic rings. The Kier molecular flexibility index (Phi) is 7.06. The Morgan fingerprint density at radius 2 is 1.92 bits per heavy atom. The topological polar surface area (TPSA) is 108 Å². The van der Waals surface area contributed by atoms with Gasteiger partial charge >= 0.3 is 12.1 Å². The summed E-state index contributed by atoms with van der Waals surface area (Å²) in [5.74, 6) is -1.56. The summed E-state index contributed by atoms with van der Waals surface area (Å²) in [5, 5.41) is 25.0. The average Bonchev–Trinajstić information content (AvgIpc) is 3.32. The van der Waals surface area contributed by atoms with Gasteiger partial charge in [0.2, 0.25) is 5.95 Å². The number of nitrogens with one attached hydrogen (secondary N) is 1. The minimum Gasteiger partial charge on any atom is -0.481 e. The third-order valence-electron chi connectivity index (χ3n) is 7.54. The van der Waals surface area contributed by atoms with E-state index in [1.54, 1.807) is 18.3 Å². The Bertz CT molecular complexity index is 1310. The molecular weight excluding hydrogens is 505 g/mol. The average molecular weight is 535 g/mol. The first-order valence-electron chi connectivity index (χ1n) is 12.0. The van der Waals surface area contributed by atoms with Gasteiger partial charge in [-0.2, -0.15) is 13.2 Å². The van der Waals surface area contributed by atoms with Crippen LogP contribution in [0.4, 0.5) is 24.8 Å². The van der Waals surface area contributed by atoms with E-state index in [0.717, 1.165) is 28.3 Å². The summed E-state index contributed by atoms with van der Waals surface area (Å²) in [6, 6.07) is 6.25. The lowest BCUT2D eigenvalue weighted by Gasteiger charge is -2.48. The maximum absolute atomic E-state index is 13.0. The molecule has 3 N–H and O–H groups in total. The van der Waals surface area contributed by atoms with Crippen LogP contribution in [0.5, 0.6) is 0 Å². The molecule has 0 bridgehead atoms. The van der Waals surface area contributed by atoms with Crippen LogP contribution in [0.1, 0.15) is 56.3 Å². The van der Waals surface area contributed by atoms with Crippen molar-refractivity contribution in [3.63, 3.8) is 0 Å². The molecule has 198 valence electrons. The van der Waals surface area contributed by atoms with Crippen molar-refractivity contribution in [2.75, 3.05) is 5.32 Å². The van der Waals surface area contributed by atoms with E-state index in [2.05, 4.69) is 20.3 Å². The van der Waals surface area contributed by atoms with Crippen molar-refractivity contribution in [1.29, 1.82) is 0 Å². The fraction of sp³-hybridized carbons (Fsp3) is 0.462. The molecule has 1 saturated carbocycles. The Labute approximate surface area is 216 Å². The molecule has 2 aromatic heterocycles. The van der Waals surface area contributed by atoms with Gasteiger partial charge in [0.05, 0.1) is 10.3 Å². The summed E-state index contributed by atoms with van der Waals surface area (Å²) in [5.41, 5.74) is -1.04. The lowest BCUT2D eigenvalue weighted by molar-refractivity contribution is -0.169. The highest BCUT2D eigenvalue weighted by atomic mass is 32.1. The number of rotatable bonds is 6. The van der Waals surface area contributed by atoms with E-state index in [1.165, 1.54) is 11.3 Å². The Morgan fingerprint density at radius 3 is 2.57 bits per heavy atom. The number of halogens is 3. The molecule has 0 amide bonds. The van der Waals surface area contributed by atoms with Crippen LogP contribution < -0.4 is 5.32 Å². The van der Waals surface area contributed by atoms with Gasteiger partial charge in [-0.3, -0.25) is 4.79 Å². The zero-order valence-corrected chi connectivity index (χ0v) is 21.7. The first-order chi connectivity index (χ1) is 17.3. The third kappa shape index (κ3) is 5.06. The molecule has 0 unspecified atom stereocenters. The van der Waals surface area contributed by atoms with Crippen molar-refractivity contribution in [2.24, 2.45) is 17.3 Å². The van der Waals surface area contributed by atoms with Crippen molar-refractivity contribution >= 4 is 28.9 Å². The molecule has 0 spiro atoms. The quantitative estimate of drug-likeness (QED) is 0.336. The number of aromatic nitrogens is 3. The van der Waals surface area contributed by atoms with Gasteiger partial charge in [-0.05, 0) is 67.3 Å². The number of aliphatic carboxylic acids is 1. The van der Waals surface area contributed by atoms with E-state index in [-0.39, 0.29) is 24.2 Å². The van der Waals surface area contributed by atoms with Crippen molar-refractivity contribution in [3.8, 4) is 10.4 Å². The highest BCUT2D eigenvalue weighted by molar-refractivity contribution is 7.15. The second-order valence-electron chi connectivity index (χ2n) is 9.96. The second-order valence-corrected chi connectivity index (χ2v) is 11.0. The predicted molar refractivity (Wildman–Crippen MR) is 134 cm³/mol. The highest BCUT2D eigenvalue weighted by Crippen LogP contribution is 2.54. The van der Waals surface area contributed by atoms with E-state index in [9.17, 15) is 28.2 Å². The van der Waals surface area contributed by atoms with Crippen molar-refractivity contribution in [2.45, 2.75) is 58.7 Å². The van der Waals surface area contributed by atoms with Crippen LogP contribution in [-0.2, 0) is 16.6 Å². The van der Waals surface area contributed by atoms with Gasteiger partial charge in [0.1, 0.15) is 16.3 Å². The van der Waals surface area contributed by atoms with Crippen molar-refractivity contribution < 1.29 is 28.2 Å². The van der Waals surface area contributed by atoms with Gasteiger partial charge in [-0.15, -0.1) is 11.3 Å². The Hall–Kier alpha value is -3.05. The van der Waals surface area contributed by atoms with Crippen LogP contribution >= 0.6 is 11.3 Å². The molecule has 7 nitrogen and oxygen atoms in total. The zero-order valence-electron chi connectivity index (χ0n) is 20.9. The molecule has 2 heterocycles. The van der Waals surface area contributed by atoms with E-state index in [1.807, 2.05) is 33.8 Å². The molecule has 1 aliphatic carbocycles. The molecule has 37 heavy (non-hydrogen) atoms. The number of hydrogen-bond acceptors (Lipinski definition) is 7. The normalized spacial score (nSPS) is 26.2. The number of nitrogens with zero attached hydrogens (tertiary/aromatic N) is 3. The van der Waals surface area contributed by atoms with Crippen molar-refractivity contribution in [3.05, 3.63) is 52.9 Å². The van der Waals surface area contributed by atoms with Crippen LogP contribution in [0.25, 0.3) is 10.4 Å². The van der Waals surface area contributed by atoms with E-state index >= 15 is 0 Å². The Morgan fingerprint density at radius 1 is 1.19 bits per heavy atom. The molecule has 4 rings (SSSR count). The Balaban J connectivity index is 1.61. The number of aryl methyl sites for hydroxylation is 1. The summed E-state index contributed by atoms with van der Waals surface area (Å²) in [6.45, 7) is 7.47. The first-order valence-corrected chi connectivity index (χ1v) is 12.8.